The molecular formula is C12H17N7O2. The number of nitrogens with one attached hydrogen (secondary N) is 2. The highest BCUT2D eigenvalue weighted by Gasteiger charge is 2.17. The van der Waals surface area contributed by atoms with Gasteiger partial charge >= 0.3 is 6.09 Å². The van der Waals surface area contributed by atoms with E-state index in [4.69, 9.17) is 0 Å². The number of ether oxygens (including phenoxy) is 1. The highest BCUT2D eigenvalue weighted by molar-refractivity contribution is 5.85. The summed E-state index contributed by atoms with van der Waals surface area (Å²) in [6.07, 6.45) is 1.09. The number of hydrogen-bond acceptors (Lipinski definition) is 7. The summed E-state index contributed by atoms with van der Waals surface area (Å²) in [5, 5.41) is 2.47. The van der Waals surface area contributed by atoms with Crippen molar-refractivity contribution in [3.8, 4) is 0 Å². The summed E-state index contributed by atoms with van der Waals surface area (Å²) in [5.74, 6) is 0.952. The first kappa shape index (κ1) is 13.6. The average molecular weight is 291 g/mol. The third-order valence-electron chi connectivity index (χ3n) is 3.42. The van der Waals surface area contributed by atoms with Gasteiger partial charge in [-0.1, -0.05) is 0 Å². The largest absolute Gasteiger partial charge is 0.453 e. The van der Waals surface area contributed by atoms with Crippen LogP contribution in [0.3, 0.4) is 0 Å². The van der Waals surface area contributed by atoms with E-state index in [1.54, 1.807) is 6.20 Å². The number of hydrogen-bond donors (Lipinski definition) is 2. The Labute approximate surface area is 121 Å². The molecule has 0 aromatic carbocycles. The first-order chi connectivity index (χ1) is 10.2. The number of aromatic amines is 1. The molecule has 0 spiro atoms. The highest BCUT2D eigenvalue weighted by Crippen LogP contribution is 2.16. The number of anilines is 2. The van der Waals surface area contributed by atoms with Crippen molar-refractivity contribution in [3.05, 3.63) is 6.20 Å². The Kier molecular flexibility index (Phi) is 3.57. The van der Waals surface area contributed by atoms with Gasteiger partial charge in [0.25, 0.3) is 0 Å². The number of aromatic nitrogens is 4. The predicted octanol–water partition coefficient (Wildman–Crippen LogP) is 0.283. The van der Waals surface area contributed by atoms with Gasteiger partial charge in [0.05, 0.1) is 13.3 Å². The molecule has 21 heavy (non-hydrogen) atoms. The van der Waals surface area contributed by atoms with Gasteiger partial charge in [0.1, 0.15) is 5.52 Å². The first-order valence-electron chi connectivity index (χ1n) is 6.67. The molecule has 2 aromatic heterocycles. The third kappa shape index (κ3) is 2.87. The number of piperazine rings is 1. The van der Waals surface area contributed by atoms with Gasteiger partial charge in [0.2, 0.25) is 11.9 Å². The molecule has 3 heterocycles. The number of carbonyl (C=O) groups is 1. The Morgan fingerprint density at radius 1 is 1.33 bits per heavy atom. The number of amides is 1. The third-order valence-corrected chi connectivity index (χ3v) is 3.42. The lowest BCUT2D eigenvalue weighted by Crippen LogP contribution is -2.45. The summed E-state index contributed by atoms with van der Waals surface area (Å²) in [6.45, 7) is 3.74. The minimum absolute atomic E-state index is 0.293. The van der Waals surface area contributed by atoms with Crippen molar-refractivity contribution >= 4 is 29.2 Å². The second-order valence-electron chi connectivity index (χ2n) is 4.90. The van der Waals surface area contributed by atoms with Gasteiger partial charge in [0.15, 0.2) is 5.65 Å². The maximum Gasteiger partial charge on any atom is 0.413 e. The minimum atomic E-state index is -0.582. The molecule has 0 aliphatic carbocycles. The second-order valence-corrected chi connectivity index (χ2v) is 4.90. The van der Waals surface area contributed by atoms with E-state index < -0.39 is 6.09 Å². The number of imidazole rings is 1. The molecule has 0 unspecified atom stereocenters. The lowest BCUT2D eigenvalue weighted by Gasteiger charge is -2.32. The molecule has 9 heteroatoms. The molecule has 2 aromatic rings. The van der Waals surface area contributed by atoms with Gasteiger partial charge in [-0.3, -0.25) is 5.32 Å². The summed E-state index contributed by atoms with van der Waals surface area (Å²) in [5.41, 5.74) is 1.18. The maximum atomic E-state index is 11.2. The van der Waals surface area contributed by atoms with Crippen LogP contribution in [0.15, 0.2) is 6.20 Å². The van der Waals surface area contributed by atoms with Crippen molar-refractivity contribution in [2.24, 2.45) is 0 Å². The van der Waals surface area contributed by atoms with Crippen LogP contribution in [-0.4, -0.2) is 71.3 Å². The van der Waals surface area contributed by atoms with Crippen LogP contribution in [0.1, 0.15) is 0 Å². The maximum absolute atomic E-state index is 11.2. The summed E-state index contributed by atoms with van der Waals surface area (Å²) < 4.78 is 4.52. The molecule has 1 saturated heterocycles. The Morgan fingerprint density at radius 3 is 2.81 bits per heavy atom. The molecule has 0 saturated carbocycles. The van der Waals surface area contributed by atoms with Crippen LogP contribution in [0.25, 0.3) is 11.2 Å². The van der Waals surface area contributed by atoms with Gasteiger partial charge in [-0.05, 0) is 7.05 Å². The standard InChI is InChI=1S/C12H17N7O2/c1-18-3-5-19(6-4-18)11-13-7-8-9(16-11)15-10(14-8)17-12(20)21-2/h7H,3-6H2,1-2H3,(H2,13,14,15,16,17,20). The van der Waals surface area contributed by atoms with Gasteiger partial charge in [-0.15, -0.1) is 0 Å². The Morgan fingerprint density at radius 2 is 2.10 bits per heavy atom. The Hall–Kier alpha value is -2.42. The molecule has 0 radical (unpaired) electrons. The first-order valence-corrected chi connectivity index (χ1v) is 6.67. The van der Waals surface area contributed by atoms with E-state index in [0.29, 0.717) is 23.1 Å². The molecule has 3 rings (SSSR count). The number of H-pyrrole nitrogens is 1. The highest BCUT2D eigenvalue weighted by atomic mass is 16.5. The van der Waals surface area contributed by atoms with Gasteiger partial charge in [-0.25, -0.2) is 9.78 Å². The van der Waals surface area contributed by atoms with Gasteiger partial charge < -0.3 is 19.5 Å². The zero-order chi connectivity index (χ0) is 14.8. The zero-order valence-corrected chi connectivity index (χ0v) is 12.0. The van der Waals surface area contributed by atoms with Crippen molar-refractivity contribution in [1.29, 1.82) is 0 Å². The second kappa shape index (κ2) is 5.52. The number of rotatable bonds is 2. The number of carbonyl (C=O) groups excluding carboxylic acids is 1. The number of methoxy groups -OCH3 is 1. The van der Waals surface area contributed by atoms with Crippen molar-refractivity contribution in [2.75, 3.05) is 50.6 Å². The Balaban J connectivity index is 1.81. The molecule has 1 aliphatic rings. The van der Waals surface area contributed by atoms with Crippen LogP contribution >= 0.6 is 0 Å². The molecule has 1 amide bonds. The SMILES string of the molecule is COC(=O)Nc1nc2nc(N3CCN(C)CC3)ncc2[nH]1. The Bertz CT molecular complexity index is 648. The van der Waals surface area contributed by atoms with Crippen LogP contribution in [0.2, 0.25) is 0 Å². The summed E-state index contributed by atoms with van der Waals surface area (Å²) >= 11 is 0. The van der Waals surface area contributed by atoms with Crippen molar-refractivity contribution in [1.82, 2.24) is 24.8 Å². The minimum Gasteiger partial charge on any atom is -0.453 e. The molecule has 0 bridgehead atoms. The fraction of sp³-hybridized carbons (Fsp3) is 0.500. The molecule has 1 aliphatic heterocycles. The molecule has 1 fully saturated rings. The average Bonchev–Trinajstić information content (AvgIpc) is 2.89. The lowest BCUT2D eigenvalue weighted by atomic mass is 10.3. The quantitative estimate of drug-likeness (QED) is 0.820. The zero-order valence-electron chi connectivity index (χ0n) is 12.0. The van der Waals surface area contributed by atoms with E-state index in [1.165, 1.54) is 7.11 Å². The molecule has 112 valence electrons. The van der Waals surface area contributed by atoms with Crippen molar-refractivity contribution < 1.29 is 9.53 Å². The monoisotopic (exact) mass is 291 g/mol. The lowest BCUT2D eigenvalue weighted by molar-refractivity contribution is 0.186. The van der Waals surface area contributed by atoms with E-state index in [0.717, 1.165) is 26.2 Å². The summed E-state index contributed by atoms with van der Waals surface area (Å²) in [7, 11) is 3.39. The molecule has 2 N–H and O–H groups in total. The molecular weight excluding hydrogens is 274 g/mol. The van der Waals surface area contributed by atoms with Crippen LogP contribution in [0.5, 0.6) is 0 Å². The van der Waals surface area contributed by atoms with Crippen LogP contribution < -0.4 is 10.2 Å². The van der Waals surface area contributed by atoms with E-state index in [1.807, 2.05) is 0 Å². The van der Waals surface area contributed by atoms with Crippen LogP contribution in [0.4, 0.5) is 16.7 Å². The smallest absolute Gasteiger partial charge is 0.413 e. The number of fused-ring (bicyclic) bond motifs is 1. The van der Waals surface area contributed by atoms with E-state index in [-0.39, 0.29) is 0 Å². The van der Waals surface area contributed by atoms with Gasteiger partial charge in [-0.2, -0.15) is 9.97 Å². The van der Waals surface area contributed by atoms with Crippen molar-refractivity contribution in [3.63, 3.8) is 0 Å². The van der Waals surface area contributed by atoms with Crippen LogP contribution in [-0.2, 0) is 4.74 Å². The molecule has 9 nitrogen and oxygen atoms in total. The molecule has 0 atom stereocenters. The fourth-order valence-electron chi connectivity index (χ4n) is 2.16. The predicted molar refractivity (Wildman–Crippen MR) is 77.4 cm³/mol. The summed E-state index contributed by atoms with van der Waals surface area (Å²) in [6, 6.07) is 0. The van der Waals surface area contributed by atoms with Crippen molar-refractivity contribution in [2.45, 2.75) is 0 Å². The van der Waals surface area contributed by atoms with E-state index in [2.05, 4.69) is 46.8 Å². The van der Waals surface area contributed by atoms with Gasteiger partial charge in [0, 0.05) is 26.2 Å². The van der Waals surface area contributed by atoms with E-state index in [9.17, 15) is 4.79 Å². The normalized spacial score (nSPS) is 16.2. The topological polar surface area (TPSA) is 99.3 Å². The number of nitrogens with zero attached hydrogens (tertiary/aromatic N) is 5. The van der Waals surface area contributed by atoms with Crippen LogP contribution in [0, 0.1) is 0 Å². The summed E-state index contributed by atoms with van der Waals surface area (Å²) in [4.78, 5) is 31.5. The van der Waals surface area contributed by atoms with E-state index >= 15 is 0 Å². The number of likely N-dealkylation sites (N-methyl/N-ethyl adjacent to an activating group) is 1. The fourth-order valence-corrected chi connectivity index (χ4v) is 2.16.